The van der Waals surface area contributed by atoms with Crippen LogP contribution in [-0.2, 0) is 4.74 Å². The van der Waals surface area contributed by atoms with Gasteiger partial charge in [0.25, 0.3) is 0 Å². The molecule has 0 aliphatic rings. The Balaban J connectivity index is 2.16. The molecule has 6 nitrogen and oxygen atoms in total. The molecule has 0 aromatic heterocycles. The minimum atomic E-state index is -0.583. The van der Waals surface area contributed by atoms with E-state index in [4.69, 9.17) is 10.5 Å². The van der Waals surface area contributed by atoms with Crippen LogP contribution in [0, 0.1) is 0 Å². The summed E-state index contributed by atoms with van der Waals surface area (Å²) in [6, 6.07) is 14.6. The number of amidine groups is 1. The maximum absolute atomic E-state index is 11.2. The molecule has 120 valence electrons. The topological polar surface area (TPSA) is 85.9 Å². The van der Waals surface area contributed by atoms with Gasteiger partial charge in [0.05, 0.1) is 18.5 Å². The second-order valence-electron chi connectivity index (χ2n) is 4.37. The number of amides is 1. The normalized spacial score (nSPS) is 11.0. The highest BCUT2D eigenvalue weighted by atomic mass is 32.2. The van der Waals surface area contributed by atoms with Crippen molar-refractivity contribution in [2.75, 3.05) is 19.1 Å². The van der Waals surface area contributed by atoms with Gasteiger partial charge in [-0.3, -0.25) is 5.32 Å². The summed E-state index contributed by atoms with van der Waals surface area (Å²) in [7, 11) is 1.29. The highest BCUT2D eigenvalue weighted by molar-refractivity contribution is 8.13. The maximum atomic E-state index is 11.2. The molecule has 23 heavy (non-hydrogen) atoms. The molecule has 0 aliphatic heterocycles. The van der Waals surface area contributed by atoms with Crippen molar-refractivity contribution in [3.63, 3.8) is 0 Å². The summed E-state index contributed by atoms with van der Waals surface area (Å²) >= 11 is 1.28. The van der Waals surface area contributed by atoms with Crippen LogP contribution in [0.4, 0.5) is 16.2 Å². The molecular formula is C16H17N3O3S. The highest BCUT2D eigenvalue weighted by Crippen LogP contribution is 2.30. The molecule has 0 bridgehead atoms. The predicted octanol–water partition coefficient (Wildman–Crippen LogP) is 3.77. The Kier molecular flexibility index (Phi) is 5.87. The average Bonchev–Trinajstić information content (AvgIpc) is 2.57. The number of aliphatic imine (C=N–C) groups is 1. The Morgan fingerprint density at radius 2 is 1.91 bits per heavy atom. The molecular weight excluding hydrogens is 314 g/mol. The number of hydrogen-bond acceptors (Lipinski definition) is 6. The number of carbonyl (C=O) groups excluding carboxylic acids is 1. The first-order valence-corrected chi connectivity index (χ1v) is 7.95. The molecule has 0 spiro atoms. The number of para-hydroxylation sites is 1. The number of hydrogen-bond donors (Lipinski definition) is 2. The summed E-state index contributed by atoms with van der Waals surface area (Å²) in [5.74, 6) is 1.33. The smallest absolute Gasteiger partial charge is 0.412 e. The Labute approximate surface area is 138 Å². The van der Waals surface area contributed by atoms with Gasteiger partial charge in [-0.25, -0.2) is 9.79 Å². The van der Waals surface area contributed by atoms with E-state index in [0.29, 0.717) is 22.3 Å². The van der Waals surface area contributed by atoms with Crippen LogP contribution in [0.5, 0.6) is 11.5 Å². The molecule has 2 aromatic carbocycles. The first-order chi connectivity index (χ1) is 11.1. The van der Waals surface area contributed by atoms with Gasteiger partial charge in [0.15, 0.2) is 5.17 Å². The quantitative estimate of drug-likeness (QED) is 0.508. The zero-order valence-electron chi connectivity index (χ0n) is 12.8. The van der Waals surface area contributed by atoms with Gasteiger partial charge in [-0.2, -0.15) is 0 Å². The molecule has 0 saturated heterocycles. The number of nitrogen functional groups attached to an aromatic ring is 1. The Bertz CT molecular complexity index is 705. The van der Waals surface area contributed by atoms with Crippen molar-refractivity contribution in [3.05, 3.63) is 48.5 Å². The lowest BCUT2D eigenvalue weighted by Gasteiger charge is -2.09. The van der Waals surface area contributed by atoms with Gasteiger partial charge in [-0.15, -0.1) is 0 Å². The van der Waals surface area contributed by atoms with E-state index in [-0.39, 0.29) is 0 Å². The van der Waals surface area contributed by atoms with Crippen molar-refractivity contribution in [1.82, 2.24) is 5.32 Å². The van der Waals surface area contributed by atoms with Crippen molar-refractivity contribution >= 4 is 34.4 Å². The fourth-order valence-corrected chi connectivity index (χ4v) is 2.07. The number of carbonyl (C=O) groups is 1. The van der Waals surface area contributed by atoms with E-state index in [1.807, 2.05) is 30.3 Å². The number of anilines is 1. The lowest BCUT2D eigenvalue weighted by Crippen LogP contribution is -2.27. The number of benzene rings is 2. The first-order valence-electron chi connectivity index (χ1n) is 6.72. The summed E-state index contributed by atoms with van der Waals surface area (Å²) in [4.78, 5) is 15.5. The Morgan fingerprint density at radius 3 is 2.52 bits per heavy atom. The Morgan fingerprint density at radius 1 is 1.17 bits per heavy atom. The minimum Gasteiger partial charge on any atom is -0.457 e. The molecule has 2 aromatic rings. The molecule has 0 fully saturated rings. The predicted molar refractivity (Wildman–Crippen MR) is 93.5 cm³/mol. The van der Waals surface area contributed by atoms with Gasteiger partial charge in [0.2, 0.25) is 0 Å². The van der Waals surface area contributed by atoms with Gasteiger partial charge in [-0.1, -0.05) is 30.0 Å². The molecule has 0 aliphatic carbocycles. The zero-order valence-corrected chi connectivity index (χ0v) is 13.6. The number of ether oxygens (including phenoxy) is 2. The maximum Gasteiger partial charge on any atom is 0.412 e. The number of nitrogens with zero attached hydrogens (tertiary/aromatic N) is 1. The number of thioether (sulfide) groups is 1. The van der Waals surface area contributed by atoms with Crippen LogP contribution in [-0.4, -0.2) is 24.6 Å². The van der Waals surface area contributed by atoms with Gasteiger partial charge in [0.1, 0.15) is 11.5 Å². The second kappa shape index (κ2) is 8.09. The van der Waals surface area contributed by atoms with E-state index in [1.165, 1.54) is 18.9 Å². The number of nitrogens with one attached hydrogen (secondary N) is 1. The van der Waals surface area contributed by atoms with Crippen LogP contribution in [0.15, 0.2) is 53.5 Å². The fraction of sp³-hybridized carbons (Fsp3) is 0.125. The molecule has 7 heteroatoms. The van der Waals surface area contributed by atoms with Crippen LogP contribution in [0.25, 0.3) is 0 Å². The summed E-state index contributed by atoms with van der Waals surface area (Å²) in [5.41, 5.74) is 6.98. The fourth-order valence-electron chi connectivity index (χ4n) is 1.69. The van der Waals surface area contributed by atoms with Crippen molar-refractivity contribution in [3.8, 4) is 11.5 Å². The minimum absolute atomic E-state index is 0.389. The van der Waals surface area contributed by atoms with Crippen LogP contribution in [0.3, 0.4) is 0 Å². The molecule has 0 atom stereocenters. The second-order valence-corrected chi connectivity index (χ2v) is 5.17. The molecule has 0 radical (unpaired) electrons. The lowest BCUT2D eigenvalue weighted by molar-refractivity contribution is 0.177. The first kappa shape index (κ1) is 16.7. The SMILES string of the molecule is COC(=O)NC(=Nc1ccc(Oc2ccccc2)cc1N)SC. The molecule has 0 heterocycles. The Hall–Kier alpha value is -2.67. The van der Waals surface area contributed by atoms with Crippen molar-refractivity contribution < 1.29 is 14.3 Å². The van der Waals surface area contributed by atoms with E-state index in [9.17, 15) is 4.79 Å². The number of nitrogens with two attached hydrogens (primary N) is 1. The lowest BCUT2D eigenvalue weighted by atomic mass is 10.2. The summed E-state index contributed by atoms with van der Waals surface area (Å²) < 4.78 is 10.2. The number of alkyl carbamates (subject to hydrolysis) is 1. The molecule has 0 unspecified atom stereocenters. The highest BCUT2D eigenvalue weighted by Gasteiger charge is 2.07. The molecule has 0 saturated carbocycles. The zero-order chi connectivity index (χ0) is 16.7. The average molecular weight is 331 g/mol. The summed E-state index contributed by atoms with van der Waals surface area (Å²) in [6.07, 6.45) is 1.21. The van der Waals surface area contributed by atoms with E-state index < -0.39 is 6.09 Å². The van der Waals surface area contributed by atoms with Gasteiger partial charge in [-0.05, 0) is 30.5 Å². The third kappa shape index (κ3) is 4.93. The third-order valence-electron chi connectivity index (χ3n) is 2.79. The summed E-state index contributed by atoms with van der Waals surface area (Å²) in [6.45, 7) is 0. The van der Waals surface area contributed by atoms with E-state index in [0.717, 1.165) is 5.75 Å². The van der Waals surface area contributed by atoms with E-state index in [2.05, 4.69) is 15.0 Å². The number of rotatable bonds is 3. The van der Waals surface area contributed by atoms with Gasteiger partial charge in [0, 0.05) is 6.07 Å². The standard InChI is InChI=1S/C16H17N3O3S/c1-21-16(20)19-15(23-2)18-14-9-8-12(10-13(14)17)22-11-6-4-3-5-7-11/h3-10H,17H2,1-2H3,(H,18,19,20). The molecule has 2 rings (SSSR count). The van der Waals surface area contributed by atoms with Crippen molar-refractivity contribution in [2.45, 2.75) is 0 Å². The van der Waals surface area contributed by atoms with Crippen LogP contribution >= 0.6 is 11.8 Å². The summed E-state index contributed by atoms with van der Waals surface area (Å²) in [5, 5.41) is 2.90. The van der Waals surface area contributed by atoms with Crippen LogP contribution in [0.1, 0.15) is 0 Å². The van der Waals surface area contributed by atoms with Crippen molar-refractivity contribution in [2.24, 2.45) is 4.99 Å². The monoisotopic (exact) mass is 331 g/mol. The largest absolute Gasteiger partial charge is 0.457 e. The van der Waals surface area contributed by atoms with Crippen molar-refractivity contribution in [1.29, 1.82) is 0 Å². The van der Waals surface area contributed by atoms with Crippen LogP contribution in [0.2, 0.25) is 0 Å². The molecule has 3 N–H and O–H groups in total. The third-order valence-corrected chi connectivity index (χ3v) is 3.37. The van der Waals surface area contributed by atoms with E-state index in [1.54, 1.807) is 24.5 Å². The van der Waals surface area contributed by atoms with E-state index >= 15 is 0 Å². The molecule has 1 amide bonds. The number of methoxy groups -OCH3 is 1. The van der Waals surface area contributed by atoms with Gasteiger partial charge < -0.3 is 15.2 Å². The van der Waals surface area contributed by atoms with Crippen LogP contribution < -0.4 is 15.8 Å². The van der Waals surface area contributed by atoms with Gasteiger partial charge >= 0.3 is 6.09 Å².